The minimum absolute atomic E-state index is 0.217. The van der Waals surface area contributed by atoms with Crippen LogP contribution in [0.1, 0.15) is 43.6 Å². The first-order chi connectivity index (χ1) is 9.74. The fourth-order valence-corrected chi connectivity index (χ4v) is 5.45. The van der Waals surface area contributed by atoms with E-state index in [1.54, 1.807) is 7.11 Å². The predicted octanol–water partition coefficient (Wildman–Crippen LogP) is 3.66. The van der Waals surface area contributed by atoms with Gasteiger partial charge in [0.05, 0.1) is 12.1 Å². The number of ether oxygens (including phenoxy) is 1. The van der Waals surface area contributed by atoms with Crippen LogP contribution in [0.4, 0.5) is 0 Å². The topological polar surface area (TPSA) is 21.3 Å². The summed E-state index contributed by atoms with van der Waals surface area (Å²) < 4.78 is 5.63. The Balaban J connectivity index is 1.81. The van der Waals surface area contributed by atoms with Crippen LogP contribution >= 0.6 is 12.2 Å². The van der Waals surface area contributed by atoms with Gasteiger partial charge in [-0.3, -0.25) is 0 Å². The molecule has 1 saturated heterocycles. The molecule has 3 fully saturated rings. The molecule has 0 radical (unpaired) electrons. The first-order valence-corrected chi connectivity index (χ1v) is 8.09. The standard InChI is InChI=1S/C17H21NOS/c1-19-14-5-3-2-4-13(14)16-11-6-7-12(10-11)17(16)9-8-15(20)18-17/h2-5,11-12,16H,6-10H2,1H3,(H,18,20). The molecular formula is C17H21NOS. The molecule has 20 heavy (non-hydrogen) atoms. The van der Waals surface area contributed by atoms with E-state index in [4.69, 9.17) is 17.0 Å². The molecule has 4 unspecified atom stereocenters. The molecule has 1 aromatic rings. The van der Waals surface area contributed by atoms with Crippen molar-refractivity contribution in [3.05, 3.63) is 29.8 Å². The number of methoxy groups -OCH3 is 1. The van der Waals surface area contributed by atoms with E-state index in [1.807, 2.05) is 0 Å². The molecule has 3 aliphatic rings. The second kappa shape index (κ2) is 4.45. The van der Waals surface area contributed by atoms with Gasteiger partial charge in [0, 0.05) is 11.5 Å². The van der Waals surface area contributed by atoms with Crippen LogP contribution in [0.25, 0.3) is 0 Å². The van der Waals surface area contributed by atoms with Crippen LogP contribution in [0.3, 0.4) is 0 Å². The zero-order valence-electron chi connectivity index (χ0n) is 11.9. The first-order valence-electron chi connectivity index (χ1n) is 7.68. The molecule has 1 N–H and O–H groups in total. The van der Waals surface area contributed by atoms with E-state index >= 15 is 0 Å². The van der Waals surface area contributed by atoms with Crippen molar-refractivity contribution < 1.29 is 4.74 Å². The fourth-order valence-electron chi connectivity index (χ4n) is 5.16. The van der Waals surface area contributed by atoms with Crippen molar-refractivity contribution in [2.75, 3.05) is 7.11 Å². The van der Waals surface area contributed by atoms with Gasteiger partial charge < -0.3 is 10.1 Å². The van der Waals surface area contributed by atoms with Crippen molar-refractivity contribution in [3.8, 4) is 5.75 Å². The number of hydrogen-bond acceptors (Lipinski definition) is 2. The molecule has 1 aromatic carbocycles. The van der Waals surface area contributed by atoms with Gasteiger partial charge in [0.15, 0.2) is 0 Å². The molecule has 0 aromatic heterocycles. The molecule has 106 valence electrons. The summed E-state index contributed by atoms with van der Waals surface area (Å²) in [7, 11) is 1.78. The summed E-state index contributed by atoms with van der Waals surface area (Å²) >= 11 is 5.47. The van der Waals surface area contributed by atoms with Crippen molar-refractivity contribution in [1.82, 2.24) is 5.32 Å². The van der Waals surface area contributed by atoms with E-state index in [2.05, 4.69) is 29.6 Å². The van der Waals surface area contributed by atoms with Gasteiger partial charge in [-0.2, -0.15) is 0 Å². The largest absolute Gasteiger partial charge is 0.496 e. The minimum atomic E-state index is 0.217. The van der Waals surface area contributed by atoms with Gasteiger partial charge in [-0.15, -0.1) is 0 Å². The molecule has 2 saturated carbocycles. The molecule has 4 rings (SSSR count). The lowest BCUT2D eigenvalue weighted by atomic mass is 9.68. The van der Waals surface area contributed by atoms with E-state index in [-0.39, 0.29) is 5.54 Å². The van der Waals surface area contributed by atoms with E-state index in [9.17, 15) is 0 Å². The monoisotopic (exact) mass is 287 g/mol. The third-order valence-electron chi connectivity index (χ3n) is 5.84. The maximum atomic E-state index is 5.63. The Kier molecular flexibility index (Phi) is 2.81. The molecule has 0 amide bonds. The molecule has 1 aliphatic heterocycles. The van der Waals surface area contributed by atoms with E-state index in [1.165, 1.54) is 31.2 Å². The Morgan fingerprint density at radius 1 is 1.30 bits per heavy atom. The van der Waals surface area contributed by atoms with Crippen LogP contribution in [-0.2, 0) is 0 Å². The molecule has 2 bridgehead atoms. The molecular weight excluding hydrogens is 266 g/mol. The molecule has 2 nitrogen and oxygen atoms in total. The number of fused-ring (bicyclic) bond motifs is 3. The fraction of sp³-hybridized carbons (Fsp3) is 0.588. The molecule has 4 atom stereocenters. The highest BCUT2D eigenvalue weighted by Gasteiger charge is 2.60. The van der Waals surface area contributed by atoms with Crippen molar-refractivity contribution in [3.63, 3.8) is 0 Å². The van der Waals surface area contributed by atoms with E-state index < -0.39 is 0 Å². The van der Waals surface area contributed by atoms with Crippen molar-refractivity contribution >= 4 is 17.2 Å². The Hall–Kier alpha value is -1.09. The molecule has 3 heteroatoms. The Morgan fingerprint density at radius 2 is 2.15 bits per heavy atom. The summed E-state index contributed by atoms with van der Waals surface area (Å²) in [5.41, 5.74) is 1.61. The minimum Gasteiger partial charge on any atom is -0.496 e. The Morgan fingerprint density at radius 3 is 2.90 bits per heavy atom. The van der Waals surface area contributed by atoms with Gasteiger partial charge in [-0.25, -0.2) is 0 Å². The predicted molar refractivity (Wildman–Crippen MR) is 84.3 cm³/mol. The van der Waals surface area contributed by atoms with Crippen LogP contribution in [-0.4, -0.2) is 17.6 Å². The Bertz CT molecular complexity index is 558. The number of para-hydroxylation sites is 1. The summed E-state index contributed by atoms with van der Waals surface area (Å²) in [6.45, 7) is 0. The van der Waals surface area contributed by atoms with Crippen molar-refractivity contribution in [2.24, 2.45) is 11.8 Å². The third-order valence-corrected chi connectivity index (χ3v) is 6.15. The summed E-state index contributed by atoms with van der Waals surface area (Å²) in [6.07, 6.45) is 6.35. The number of thiocarbonyl (C=S) groups is 1. The number of hydrogen-bond donors (Lipinski definition) is 1. The van der Waals surface area contributed by atoms with Crippen LogP contribution in [0.5, 0.6) is 5.75 Å². The Labute approximate surface area is 125 Å². The zero-order chi connectivity index (χ0) is 13.7. The molecule has 1 spiro atoms. The van der Waals surface area contributed by atoms with E-state index in [0.717, 1.165) is 29.0 Å². The normalized spacial score (nSPS) is 38.5. The van der Waals surface area contributed by atoms with Crippen LogP contribution in [0, 0.1) is 11.8 Å². The lowest BCUT2D eigenvalue weighted by molar-refractivity contribution is 0.208. The lowest BCUT2D eigenvalue weighted by Crippen LogP contribution is -2.50. The van der Waals surface area contributed by atoms with Crippen LogP contribution in [0.2, 0.25) is 0 Å². The van der Waals surface area contributed by atoms with Gasteiger partial charge >= 0.3 is 0 Å². The van der Waals surface area contributed by atoms with E-state index in [0.29, 0.717) is 5.92 Å². The quantitative estimate of drug-likeness (QED) is 0.839. The van der Waals surface area contributed by atoms with Crippen molar-refractivity contribution in [2.45, 2.75) is 43.6 Å². The van der Waals surface area contributed by atoms with Gasteiger partial charge in [0.25, 0.3) is 0 Å². The van der Waals surface area contributed by atoms with Gasteiger partial charge in [-0.1, -0.05) is 30.4 Å². The lowest BCUT2D eigenvalue weighted by Gasteiger charge is -2.42. The maximum Gasteiger partial charge on any atom is 0.122 e. The maximum absolute atomic E-state index is 5.63. The van der Waals surface area contributed by atoms with Gasteiger partial charge in [0.1, 0.15) is 5.75 Å². The third kappa shape index (κ3) is 1.59. The highest BCUT2D eigenvalue weighted by atomic mass is 32.1. The summed E-state index contributed by atoms with van der Waals surface area (Å²) in [4.78, 5) is 1.07. The SMILES string of the molecule is COc1ccccc1C1C2CCC(C2)C12CCC(=S)N2. The summed E-state index contributed by atoms with van der Waals surface area (Å²) in [6, 6.07) is 8.57. The first kappa shape index (κ1) is 12.6. The van der Waals surface area contributed by atoms with Crippen LogP contribution < -0.4 is 10.1 Å². The van der Waals surface area contributed by atoms with Gasteiger partial charge in [0.2, 0.25) is 0 Å². The van der Waals surface area contributed by atoms with Gasteiger partial charge in [-0.05, 0) is 55.6 Å². The summed E-state index contributed by atoms with van der Waals surface area (Å²) in [5, 5.41) is 3.74. The zero-order valence-corrected chi connectivity index (χ0v) is 12.7. The smallest absolute Gasteiger partial charge is 0.122 e. The average molecular weight is 287 g/mol. The van der Waals surface area contributed by atoms with Crippen LogP contribution in [0.15, 0.2) is 24.3 Å². The average Bonchev–Trinajstić information content (AvgIpc) is 3.15. The second-order valence-electron chi connectivity index (χ2n) is 6.58. The second-order valence-corrected chi connectivity index (χ2v) is 7.07. The molecule has 2 aliphatic carbocycles. The number of rotatable bonds is 2. The number of nitrogens with one attached hydrogen (secondary N) is 1. The van der Waals surface area contributed by atoms with Crippen molar-refractivity contribution in [1.29, 1.82) is 0 Å². The highest BCUT2D eigenvalue weighted by Crippen LogP contribution is 2.62. The molecule has 1 heterocycles. The summed E-state index contributed by atoms with van der Waals surface area (Å²) in [5.74, 6) is 3.20. The highest BCUT2D eigenvalue weighted by molar-refractivity contribution is 7.80. The number of benzene rings is 1.